The van der Waals surface area contributed by atoms with Gasteiger partial charge in [-0.25, -0.2) is 0 Å². The molecular formula is C12H14O4. The summed E-state index contributed by atoms with van der Waals surface area (Å²) in [6.07, 6.45) is 1.44. The summed E-state index contributed by atoms with van der Waals surface area (Å²) in [4.78, 5) is 11.0. The van der Waals surface area contributed by atoms with Crippen LogP contribution in [0.1, 0.15) is 23.5 Å². The van der Waals surface area contributed by atoms with Gasteiger partial charge in [0.1, 0.15) is 0 Å². The summed E-state index contributed by atoms with van der Waals surface area (Å²) in [7, 11) is 3.13. The molecule has 1 aromatic rings. The number of carbonyl (C=O) groups is 1. The van der Waals surface area contributed by atoms with E-state index < -0.39 is 11.9 Å². The van der Waals surface area contributed by atoms with E-state index in [2.05, 4.69) is 0 Å². The molecule has 0 spiro atoms. The summed E-state index contributed by atoms with van der Waals surface area (Å²) in [5, 5.41) is 9.08. The number of aryl methyl sites for hydroxylation is 1. The van der Waals surface area contributed by atoms with Gasteiger partial charge in [0.05, 0.1) is 20.1 Å². The largest absolute Gasteiger partial charge is 0.493 e. The van der Waals surface area contributed by atoms with E-state index in [1.165, 1.54) is 0 Å². The van der Waals surface area contributed by atoms with Crippen molar-refractivity contribution in [1.29, 1.82) is 0 Å². The van der Waals surface area contributed by atoms with Gasteiger partial charge in [-0.05, 0) is 36.1 Å². The predicted octanol–water partition coefficient (Wildman–Crippen LogP) is 1.82. The van der Waals surface area contributed by atoms with E-state index in [0.717, 1.165) is 17.5 Å². The number of rotatable bonds is 3. The number of carboxylic acids is 1. The lowest BCUT2D eigenvalue weighted by Crippen LogP contribution is -2.08. The zero-order chi connectivity index (χ0) is 11.7. The number of hydrogen-bond acceptors (Lipinski definition) is 3. The number of carboxylic acid groups (broad SMARTS) is 1. The molecule has 16 heavy (non-hydrogen) atoms. The standard InChI is InChI=1S/C12H14O4/c1-15-10-5-7-3-4-8(12(13)14)9(7)6-11(10)16-2/h5-6,8H,3-4H2,1-2H3,(H,13,14)/t8-/m0/s1. The molecule has 0 heterocycles. The molecule has 0 saturated carbocycles. The molecule has 0 unspecified atom stereocenters. The number of fused-ring (bicyclic) bond motifs is 1. The lowest BCUT2D eigenvalue weighted by molar-refractivity contribution is -0.138. The van der Waals surface area contributed by atoms with E-state index in [0.29, 0.717) is 17.9 Å². The fraction of sp³-hybridized carbons (Fsp3) is 0.417. The molecule has 1 aliphatic rings. The molecule has 0 saturated heterocycles. The first-order valence-corrected chi connectivity index (χ1v) is 5.15. The molecule has 0 aromatic heterocycles. The number of hydrogen-bond donors (Lipinski definition) is 1. The first-order valence-electron chi connectivity index (χ1n) is 5.15. The third-order valence-corrected chi connectivity index (χ3v) is 3.02. The lowest BCUT2D eigenvalue weighted by Gasteiger charge is -2.11. The second-order valence-corrected chi connectivity index (χ2v) is 3.84. The third-order valence-electron chi connectivity index (χ3n) is 3.02. The Hall–Kier alpha value is -1.71. The smallest absolute Gasteiger partial charge is 0.310 e. The Morgan fingerprint density at radius 3 is 2.50 bits per heavy atom. The summed E-state index contributed by atoms with van der Waals surface area (Å²) in [6, 6.07) is 3.65. The van der Waals surface area contributed by atoms with Crippen LogP contribution in [0, 0.1) is 0 Å². The summed E-state index contributed by atoms with van der Waals surface area (Å²) in [6.45, 7) is 0. The average molecular weight is 222 g/mol. The van der Waals surface area contributed by atoms with E-state index in [4.69, 9.17) is 14.6 Å². The lowest BCUT2D eigenvalue weighted by atomic mass is 10.0. The van der Waals surface area contributed by atoms with Crippen molar-refractivity contribution in [3.05, 3.63) is 23.3 Å². The number of aliphatic carboxylic acids is 1. The van der Waals surface area contributed by atoms with Crippen molar-refractivity contribution in [2.75, 3.05) is 14.2 Å². The zero-order valence-electron chi connectivity index (χ0n) is 9.32. The average Bonchev–Trinajstić information content (AvgIpc) is 2.69. The SMILES string of the molecule is COc1cc2c(cc1OC)[C@@H](C(=O)O)CC2. The first kappa shape index (κ1) is 10.8. The normalized spacial score (nSPS) is 18.0. The second-order valence-electron chi connectivity index (χ2n) is 3.84. The topological polar surface area (TPSA) is 55.8 Å². The van der Waals surface area contributed by atoms with Crippen LogP contribution in [0.5, 0.6) is 11.5 Å². The monoisotopic (exact) mass is 222 g/mol. The first-order chi connectivity index (χ1) is 7.67. The zero-order valence-corrected chi connectivity index (χ0v) is 9.32. The van der Waals surface area contributed by atoms with E-state index >= 15 is 0 Å². The maximum atomic E-state index is 11.0. The van der Waals surface area contributed by atoms with E-state index in [1.54, 1.807) is 20.3 Å². The van der Waals surface area contributed by atoms with Gasteiger partial charge in [0.15, 0.2) is 11.5 Å². The Kier molecular flexibility index (Phi) is 2.73. The van der Waals surface area contributed by atoms with Crippen LogP contribution >= 0.6 is 0 Å². The molecule has 4 heteroatoms. The maximum absolute atomic E-state index is 11.0. The predicted molar refractivity (Wildman–Crippen MR) is 58.2 cm³/mol. The highest BCUT2D eigenvalue weighted by Crippen LogP contribution is 2.40. The van der Waals surface area contributed by atoms with Crippen LogP contribution in [-0.2, 0) is 11.2 Å². The molecule has 1 aliphatic carbocycles. The molecule has 1 aromatic carbocycles. The molecule has 0 aliphatic heterocycles. The summed E-state index contributed by atoms with van der Waals surface area (Å²) in [5.41, 5.74) is 1.90. The highest BCUT2D eigenvalue weighted by Gasteiger charge is 2.29. The highest BCUT2D eigenvalue weighted by molar-refractivity contribution is 5.78. The van der Waals surface area contributed by atoms with E-state index in [9.17, 15) is 4.79 Å². The van der Waals surface area contributed by atoms with Gasteiger partial charge in [-0.15, -0.1) is 0 Å². The molecule has 0 radical (unpaired) electrons. The van der Waals surface area contributed by atoms with Gasteiger partial charge in [-0.1, -0.05) is 0 Å². The summed E-state index contributed by atoms with van der Waals surface area (Å²) in [5.74, 6) is 0.0717. The van der Waals surface area contributed by atoms with Crippen molar-refractivity contribution >= 4 is 5.97 Å². The Bertz CT molecular complexity index is 425. The van der Waals surface area contributed by atoms with Crippen LogP contribution < -0.4 is 9.47 Å². The number of ether oxygens (including phenoxy) is 2. The van der Waals surface area contributed by atoms with Crippen molar-refractivity contribution in [2.24, 2.45) is 0 Å². The third kappa shape index (κ3) is 1.60. The Labute approximate surface area is 93.8 Å². The molecule has 1 N–H and O–H groups in total. The molecule has 0 fully saturated rings. The fourth-order valence-electron chi connectivity index (χ4n) is 2.19. The molecule has 4 nitrogen and oxygen atoms in total. The van der Waals surface area contributed by atoms with Crippen LogP contribution in [0.4, 0.5) is 0 Å². The molecule has 86 valence electrons. The quantitative estimate of drug-likeness (QED) is 0.847. The summed E-state index contributed by atoms with van der Waals surface area (Å²) < 4.78 is 10.4. The van der Waals surface area contributed by atoms with Crippen molar-refractivity contribution in [3.63, 3.8) is 0 Å². The number of methoxy groups -OCH3 is 2. The second kappa shape index (κ2) is 4.04. The van der Waals surface area contributed by atoms with Gasteiger partial charge in [-0.3, -0.25) is 4.79 Å². The molecular weight excluding hydrogens is 208 g/mol. The van der Waals surface area contributed by atoms with Gasteiger partial charge < -0.3 is 14.6 Å². The van der Waals surface area contributed by atoms with Crippen molar-refractivity contribution in [1.82, 2.24) is 0 Å². The van der Waals surface area contributed by atoms with Gasteiger partial charge in [0.2, 0.25) is 0 Å². The maximum Gasteiger partial charge on any atom is 0.310 e. The highest BCUT2D eigenvalue weighted by atomic mass is 16.5. The Morgan fingerprint density at radius 1 is 1.31 bits per heavy atom. The van der Waals surface area contributed by atoms with Gasteiger partial charge in [0.25, 0.3) is 0 Å². The van der Waals surface area contributed by atoms with Crippen LogP contribution in [0.25, 0.3) is 0 Å². The molecule has 2 rings (SSSR count). The van der Waals surface area contributed by atoms with Crippen LogP contribution in [-0.4, -0.2) is 25.3 Å². The minimum Gasteiger partial charge on any atom is -0.493 e. The van der Waals surface area contributed by atoms with Crippen molar-refractivity contribution in [2.45, 2.75) is 18.8 Å². The van der Waals surface area contributed by atoms with E-state index in [1.807, 2.05) is 6.07 Å². The van der Waals surface area contributed by atoms with Gasteiger partial charge in [-0.2, -0.15) is 0 Å². The minimum atomic E-state index is -0.772. The molecule has 0 bridgehead atoms. The Morgan fingerprint density at radius 2 is 1.94 bits per heavy atom. The van der Waals surface area contributed by atoms with E-state index in [-0.39, 0.29) is 0 Å². The molecule has 0 amide bonds. The van der Waals surface area contributed by atoms with Crippen molar-refractivity contribution in [3.8, 4) is 11.5 Å². The van der Waals surface area contributed by atoms with Crippen LogP contribution in [0.15, 0.2) is 12.1 Å². The van der Waals surface area contributed by atoms with Gasteiger partial charge in [0, 0.05) is 0 Å². The van der Waals surface area contributed by atoms with Crippen molar-refractivity contribution < 1.29 is 19.4 Å². The molecule has 1 atom stereocenters. The summed E-state index contributed by atoms with van der Waals surface area (Å²) >= 11 is 0. The number of benzene rings is 1. The van der Waals surface area contributed by atoms with Crippen LogP contribution in [0.2, 0.25) is 0 Å². The van der Waals surface area contributed by atoms with Gasteiger partial charge >= 0.3 is 5.97 Å². The fourth-order valence-corrected chi connectivity index (χ4v) is 2.19. The Balaban J connectivity index is 2.48. The van der Waals surface area contributed by atoms with Crippen LogP contribution in [0.3, 0.4) is 0 Å². The minimum absolute atomic E-state index is 0.408.